The number of methoxy groups -OCH3 is 1. The van der Waals surface area contributed by atoms with E-state index < -0.39 is 6.10 Å². The molecule has 0 aliphatic carbocycles. The van der Waals surface area contributed by atoms with Gasteiger partial charge in [0, 0.05) is 50.1 Å². The molecular formula is C19H24ClN3O3. The normalized spacial score (nSPS) is 16.7. The van der Waals surface area contributed by atoms with Crippen LogP contribution < -0.4 is 0 Å². The van der Waals surface area contributed by atoms with Crippen LogP contribution in [0.2, 0.25) is 5.02 Å². The lowest BCUT2D eigenvalue weighted by molar-refractivity contribution is -0.141. The van der Waals surface area contributed by atoms with Gasteiger partial charge in [0.15, 0.2) is 6.10 Å². The molecule has 1 amide bonds. The second-order valence-electron chi connectivity index (χ2n) is 6.53. The number of ether oxygens (including phenoxy) is 1. The zero-order valence-electron chi connectivity index (χ0n) is 14.8. The molecule has 0 radical (unpaired) electrons. The van der Waals surface area contributed by atoms with Gasteiger partial charge in [0.1, 0.15) is 5.82 Å². The maximum atomic E-state index is 12.6. The molecule has 1 fully saturated rings. The summed E-state index contributed by atoms with van der Waals surface area (Å²) in [6, 6.07) is 6.80. The molecule has 26 heavy (non-hydrogen) atoms. The number of likely N-dealkylation sites (tertiary alicyclic amines) is 1. The second kappa shape index (κ2) is 8.66. The summed E-state index contributed by atoms with van der Waals surface area (Å²) in [6.07, 6.45) is 4.27. The van der Waals surface area contributed by atoms with Gasteiger partial charge >= 0.3 is 0 Å². The van der Waals surface area contributed by atoms with Gasteiger partial charge in [0.2, 0.25) is 0 Å². The summed E-state index contributed by atoms with van der Waals surface area (Å²) in [4.78, 5) is 18.8. The summed E-state index contributed by atoms with van der Waals surface area (Å²) in [5, 5.41) is 10.9. The Balaban J connectivity index is 1.60. The van der Waals surface area contributed by atoms with Crippen molar-refractivity contribution in [2.24, 2.45) is 0 Å². The van der Waals surface area contributed by atoms with E-state index >= 15 is 0 Å². The quantitative estimate of drug-likeness (QED) is 0.840. The summed E-state index contributed by atoms with van der Waals surface area (Å²) in [7, 11) is 1.69. The molecule has 2 heterocycles. The third-order valence-electron chi connectivity index (χ3n) is 4.85. The van der Waals surface area contributed by atoms with Crippen molar-refractivity contribution in [3.05, 3.63) is 53.1 Å². The van der Waals surface area contributed by atoms with Gasteiger partial charge in [0.25, 0.3) is 5.91 Å². The average Bonchev–Trinajstić information content (AvgIpc) is 3.14. The summed E-state index contributed by atoms with van der Waals surface area (Å²) < 4.78 is 7.26. The highest BCUT2D eigenvalue weighted by molar-refractivity contribution is 6.30. The number of aliphatic hydroxyl groups excluding tert-OH is 1. The number of piperidine rings is 1. The molecule has 140 valence electrons. The van der Waals surface area contributed by atoms with Crippen LogP contribution in [0, 0.1) is 0 Å². The molecule has 1 aromatic carbocycles. The number of hydrogen-bond acceptors (Lipinski definition) is 4. The number of carbonyl (C=O) groups is 1. The number of nitrogens with zero attached hydrogens (tertiary/aromatic N) is 3. The number of rotatable bonds is 6. The second-order valence-corrected chi connectivity index (χ2v) is 6.97. The smallest absolute Gasteiger partial charge is 0.256 e. The van der Waals surface area contributed by atoms with Crippen LogP contribution >= 0.6 is 11.6 Å². The lowest BCUT2D eigenvalue weighted by atomic mass is 9.95. The molecule has 1 aliphatic heterocycles. The maximum absolute atomic E-state index is 12.6. The average molecular weight is 378 g/mol. The highest BCUT2D eigenvalue weighted by Crippen LogP contribution is 2.29. The van der Waals surface area contributed by atoms with Crippen molar-refractivity contribution in [2.75, 3.05) is 26.8 Å². The van der Waals surface area contributed by atoms with Gasteiger partial charge in [-0.3, -0.25) is 4.79 Å². The Morgan fingerprint density at radius 1 is 1.42 bits per heavy atom. The van der Waals surface area contributed by atoms with Gasteiger partial charge in [0.05, 0.1) is 6.61 Å². The Morgan fingerprint density at radius 2 is 2.19 bits per heavy atom. The molecule has 0 spiro atoms. The molecule has 1 atom stereocenters. The third-order valence-corrected chi connectivity index (χ3v) is 5.09. The molecule has 3 rings (SSSR count). The summed E-state index contributed by atoms with van der Waals surface area (Å²) in [6.45, 7) is 2.64. The fraction of sp³-hybridized carbons (Fsp3) is 0.474. The first-order chi connectivity index (χ1) is 12.6. The molecule has 1 aromatic heterocycles. The van der Waals surface area contributed by atoms with Crippen LogP contribution in [0.1, 0.15) is 36.3 Å². The molecule has 0 unspecified atom stereocenters. The lowest BCUT2D eigenvalue weighted by Crippen LogP contribution is -2.41. The fourth-order valence-electron chi connectivity index (χ4n) is 3.41. The summed E-state index contributed by atoms with van der Waals surface area (Å²) in [5.41, 5.74) is 0.528. The number of carbonyl (C=O) groups excluding carboxylic acids is 1. The predicted octanol–water partition coefficient (Wildman–Crippen LogP) is 2.62. The Kier molecular flexibility index (Phi) is 6.29. The minimum absolute atomic E-state index is 0.270. The first-order valence-electron chi connectivity index (χ1n) is 8.82. The van der Waals surface area contributed by atoms with Gasteiger partial charge in [-0.05, 0) is 30.5 Å². The van der Waals surface area contributed by atoms with Gasteiger partial charge < -0.3 is 19.3 Å². The highest BCUT2D eigenvalue weighted by atomic mass is 35.5. The van der Waals surface area contributed by atoms with Crippen molar-refractivity contribution in [1.29, 1.82) is 0 Å². The van der Waals surface area contributed by atoms with Gasteiger partial charge in [-0.2, -0.15) is 0 Å². The van der Waals surface area contributed by atoms with Gasteiger partial charge in [-0.25, -0.2) is 4.98 Å². The Labute approximate surface area is 158 Å². The van der Waals surface area contributed by atoms with Crippen LogP contribution in [0.5, 0.6) is 0 Å². The number of imidazole rings is 1. The van der Waals surface area contributed by atoms with Gasteiger partial charge in [-0.1, -0.05) is 23.7 Å². The third kappa shape index (κ3) is 4.26. The minimum Gasteiger partial charge on any atom is -0.383 e. The molecule has 0 bridgehead atoms. The SMILES string of the molecule is COCCn1ccnc1C1CCN(C(=O)[C@H](O)c2cccc(Cl)c2)CC1. The van der Waals surface area contributed by atoms with Crippen molar-refractivity contribution in [1.82, 2.24) is 14.5 Å². The topological polar surface area (TPSA) is 67.6 Å². The van der Waals surface area contributed by atoms with Crippen LogP contribution in [-0.2, 0) is 16.1 Å². The van der Waals surface area contributed by atoms with E-state index in [2.05, 4.69) is 9.55 Å². The van der Waals surface area contributed by atoms with E-state index in [-0.39, 0.29) is 5.91 Å². The number of benzene rings is 1. The largest absolute Gasteiger partial charge is 0.383 e. The van der Waals surface area contributed by atoms with E-state index in [0.29, 0.717) is 36.2 Å². The van der Waals surface area contributed by atoms with Crippen LogP contribution in [0.15, 0.2) is 36.7 Å². The molecule has 6 nitrogen and oxygen atoms in total. The van der Waals surface area contributed by atoms with Gasteiger partial charge in [-0.15, -0.1) is 0 Å². The summed E-state index contributed by atoms with van der Waals surface area (Å²) in [5.74, 6) is 1.09. The zero-order valence-corrected chi connectivity index (χ0v) is 15.6. The van der Waals surface area contributed by atoms with Crippen molar-refractivity contribution >= 4 is 17.5 Å². The van der Waals surface area contributed by atoms with E-state index in [4.69, 9.17) is 16.3 Å². The monoisotopic (exact) mass is 377 g/mol. The molecular weight excluding hydrogens is 354 g/mol. The number of aromatic nitrogens is 2. The first kappa shape index (κ1) is 18.9. The van der Waals surface area contributed by atoms with Crippen molar-refractivity contribution in [2.45, 2.75) is 31.4 Å². The van der Waals surface area contributed by atoms with E-state index in [9.17, 15) is 9.90 Å². The van der Waals surface area contributed by atoms with Crippen LogP contribution in [0.4, 0.5) is 0 Å². The van der Waals surface area contributed by atoms with Crippen LogP contribution in [0.25, 0.3) is 0 Å². The number of hydrogen-bond donors (Lipinski definition) is 1. The van der Waals surface area contributed by atoms with E-state index in [0.717, 1.165) is 25.2 Å². The number of aliphatic hydroxyl groups is 1. The first-order valence-corrected chi connectivity index (χ1v) is 9.20. The Hall–Kier alpha value is -1.89. The molecule has 2 aromatic rings. The maximum Gasteiger partial charge on any atom is 0.256 e. The van der Waals surface area contributed by atoms with Crippen LogP contribution in [0.3, 0.4) is 0 Å². The highest BCUT2D eigenvalue weighted by Gasteiger charge is 2.30. The van der Waals surface area contributed by atoms with E-state index in [1.54, 1.807) is 36.3 Å². The number of amides is 1. The number of halogens is 1. The standard InChI is InChI=1S/C19H24ClN3O3/c1-26-12-11-22-10-7-21-18(22)14-5-8-23(9-6-14)19(25)17(24)15-3-2-4-16(20)13-15/h2-4,7,10,13-14,17,24H,5-6,8-9,11-12H2,1H3/t17-/m1/s1. The van der Waals surface area contributed by atoms with Crippen LogP contribution in [-0.4, -0.2) is 52.3 Å². The van der Waals surface area contributed by atoms with Crippen molar-refractivity contribution in [3.8, 4) is 0 Å². The molecule has 0 saturated carbocycles. The van der Waals surface area contributed by atoms with Crippen molar-refractivity contribution < 1.29 is 14.6 Å². The molecule has 1 aliphatic rings. The lowest BCUT2D eigenvalue weighted by Gasteiger charge is -2.33. The van der Waals surface area contributed by atoms with Crippen molar-refractivity contribution in [3.63, 3.8) is 0 Å². The minimum atomic E-state index is -1.17. The Bertz CT molecular complexity index is 741. The molecule has 1 saturated heterocycles. The predicted molar refractivity (Wildman–Crippen MR) is 99.1 cm³/mol. The molecule has 7 heteroatoms. The van der Waals surface area contributed by atoms with E-state index in [1.165, 1.54) is 0 Å². The zero-order chi connectivity index (χ0) is 18.5. The van der Waals surface area contributed by atoms with E-state index in [1.807, 2.05) is 12.4 Å². The Morgan fingerprint density at radius 3 is 2.88 bits per heavy atom. The fourth-order valence-corrected chi connectivity index (χ4v) is 3.61. The molecule has 1 N–H and O–H groups in total. The summed E-state index contributed by atoms with van der Waals surface area (Å²) >= 11 is 5.95.